The van der Waals surface area contributed by atoms with Crippen LogP contribution in [-0.4, -0.2) is 37.9 Å². The highest BCUT2D eigenvalue weighted by molar-refractivity contribution is 7.90. The van der Waals surface area contributed by atoms with Crippen molar-refractivity contribution in [3.63, 3.8) is 0 Å². The first-order valence-corrected chi connectivity index (χ1v) is 6.62. The first-order valence-electron chi connectivity index (χ1n) is 4.56. The maximum Gasteiger partial charge on any atom is 0.267 e. The maximum atomic E-state index is 10.9. The van der Waals surface area contributed by atoms with Gasteiger partial charge in [-0.15, -0.1) is 0 Å². The molecule has 0 aliphatic rings. The number of carbonyl (C=O) groups is 1. The summed E-state index contributed by atoms with van der Waals surface area (Å²) in [6.07, 6.45) is 2.60. The summed E-state index contributed by atoms with van der Waals surface area (Å²) in [6, 6.07) is 3.11. The molecule has 1 amide bonds. The Balaban J connectivity index is 2.61. The first kappa shape index (κ1) is 12.4. The van der Waals surface area contributed by atoms with E-state index in [1.165, 1.54) is 12.3 Å². The van der Waals surface area contributed by atoms with Crippen LogP contribution in [0.1, 0.15) is 10.5 Å². The SMILES string of the molecule is CS(=O)(=O)CCNc1ccnc(C(N)=O)c1. The fraction of sp³-hybridized carbons (Fsp3) is 0.333. The number of nitrogens with zero attached hydrogens (tertiary/aromatic N) is 1. The summed E-state index contributed by atoms with van der Waals surface area (Å²) in [5, 5.41) is 2.87. The van der Waals surface area contributed by atoms with E-state index >= 15 is 0 Å². The minimum Gasteiger partial charge on any atom is -0.384 e. The molecule has 0 fully saturated rings. The molecular formula is C9H13N3O3S. The molecule has 0 radical (unpaired) electrons. The topological polar surface area (TPSA) is 102 Å². The van der Waals surface area contributed by atoms with Crippen LogP contribution in [0.4, 0.5) is 5.69 Å². The number of sulfone groups is 1. The van der Waals surface area contributed by atoms with Gasteiger partial charge in [0.2, 0.25) is 0 Å². The summed E-state index contributed by atoms with van der Waals surface area (Å²) in [5.41, 5.74) is 5.82. The van der Waals surface area contributed by atoms with E-state index in [1.807, 2.05) is 0 Å². The monoisotopic (exact) mass is 243 g/mol. The van der Waals surface area contributed by atoms with E-state index in [-0.39, 0.29) is 18.0 Å². The van der Waals surface area contributed by atoms with Gasteiger partial charge in [0.15, 0.2) is 0 Å². The van der Waals surface area contributed by atoms with Gasteiger partial charge in [-0.05, 0) is 12.1 Å². The summed E-state index contributed by atoms with van der Waals surface area (Å²) in [5.74, 6) is -0.590. The summed E-state index contributed by atoms with van der Waals surface area (Å²) in [7, 11) is -2.99. The second-order valence-corrected chi connectivity index (χ2v) is 5.61. The Morgan fingerprint density at radius 3 is 2.81 bits per heavy atom. The molecule has 1 heterocycles. The molecule has 1 rings (SSSR count). The molecule has 0 unspecified atom stereocenters. The van der Waals surface area contributed by atoms with Gasteiger partial charge in [-0.1, -0.05) is 0 Å². The van der Waals surface area contributed by atoms with E-state index in [2.05, 4.69) is 10.3 Å². The average molecular weight is 243 g/mol. The molecule has 1 aromatic rings. The van der Waals surface area contributed by atoms with Crippen LogP contribution >= 0.6 is 0 Å². The van der Waals surface area contributed by atoms with Crippen LogP contribution < -0.4 is 11.1 Å². The largest absolute Gasteiger partial charge is 0.384 e. The number of hydrogen-bond donors (Lipinski definition) is 2. The number of pyridine rings is 1. The molecule has 6 nitrogen and oxygen atoms in total. The lowest BCUT2D eigenvalue weighted by Crippen LogP contribution is -2.16. The van der Waals surface area contributed by atoms with Gasteiger partial charge < -0.3 is 11.1 Å². The number of carbonyl (C=O) groups excluding carboxylic acids is 1. The van der Waals surface area contributed by atoms with E-state index in [4.69, 9.17) is 5.73 Å². The Kier molecular flexibility index (Phi) is 3.83. The van der Waals surface area contributed by atoms with Crippen LogP contribution in [0.2, 0.25) is 0 Å². The second-order valence-electron chi connectivity index (χ2n) is 3.35. The van der Waals surface area contributed by atoms with Gasteiger partial charge in [-0.2, -0.15) is 0 Å². The normalized spacial score (nSPS) is 11.1. The standard InChI is InChI=1S/C9H13N3O3S/c1-16(14,15)5-4-11-7-2-3-12-8(6-7)9(10)13/h2-3,6H,4-5H2,1H3,(H2,10,13)(H,11,12). The van der Waals surface area contributed by atoms with E-state index in [1.54, 1.807) is 6.07 Å². The number of nitrogens with two attached hydrogens (primary N) is 1. The molecule has 7 heteroatoms. The molecular weight excluding hydrogens is 230 g/mol. The van der Waals surface area contributed by atoms with Crippen LogP contribution in [0, 0.1) is 0 Å². The Labute approximate surface area is 93.8 Å². The molecule has 0 saturated heterocycles. The maximum absolute atomic E-state index is 10.9. The molecule has 0 aromatic carbocycles. The van der Waals surface area contributed by atoms with Gasteiger partial charge in [0.1, 0.15) is 15.5 Å². The van der Waals surface area contributed by atoms with Crippen molar-refractivity contribution in [2.45, 2.75) is 0 Å². The number of nitrogens with one attached hydrogen (secondary N) is 1. The molecule has 3 N–H and O–H groups in total. The fourth-order valence-electron chi connectivity index (χ4n) is 1.06. The third kappa shape index (κ3) is 4.26. The van der Waals surface area contributed by atoms with Crippen molar-refractivity contribution in [1.29, 1.82) is 0 Å². The summed E-state index contributed by atoms with van der Waals surface area (Å²) >= 11 is 0. The molecule has 16 heavy (non-hydrogen) atoms. The molecule has 0 saturated carbocycles. The van der Waals surface area contributed by atoms with E-state index in [0.717, 1.165) is 6.26 Å². The Morgan fingerprint density at radius 1 is 1.56 bits per heavy atom. The minimum absolute atomic E-state index is 0.0290. The van der Waals surface area contributed by atoms with Crippen LogP contribution in [0.5, 0.6) is 0 Å². The summed E-state index contributed by atoms with van der Waals surface area (Å²) in [6.45, 7) is 0.279. The quantitative estimate of drug-likeness (QED) is 0.735. The number of hydrogen-bond acceptors (Lipinski definition) is 5. The van der Waals surface area contributed by atoms with Crippen LogP contribution in [0.25, 0.3) is 0 Å². The number of anilines is 1. The molecule has 1 aromatic heterocycles. The van der Waals surface area contributed by atoms with Crippen molar-refractivity contribution < 1.29 is 13.2 Å². The van der Waals surface area contributed by atoms with Crippen LogP contribution in [0.15, 0.2) is 18.3 Å². The Hall–Kier alpha value is -1.63. The van der Waals surface area contributed by atoms with Crippen molar-refractivity contribution in [3.8, 4) is 0 Å². The first-order chi connectivity index (χ1) is 7.38. The fourth-order valence-corrected chi connectivity index (χ4v) is 1.53. The minimum atomic E-state index is -2.99. The highest BCUT2D eigenvalue weighted by atomic mass is 32.2. The summed E-state index contributed by atoms with van der Waals surface area (Å²) in [4.78, 5) is 14.6. The Morgan fingerprint density at radius 2 is 2.25 bits per heavy atom. The molecule has 88 valence electrons. The number of rotatable bonds is 5. The zero-order chi connectivity index (χ0) is 12.2. The van der Waals surface area contributed by atoms with Crippen molar-refractivity contribution in [2.75, 3.05) is 23.9 Å². The van der Waals surface area contributed by atoms with E-state index in [0.29, 0.717) is 5.69 Å². The molecule has 0 aliphatic heterocycles. The number of primary amides is 1. The lowest BCUT2D eigenvalue weighted by molar-refractivity contribution is 0.0995. The van der Waals surface area contributed by atoms with Gasteiger partial charge in [0.05, 0.1) is 5.75 Å². The Bertz CT molecular complexity index is 485. The smallest absolute Gasteiger partial charge is 0.267 e. The van der Waals surface area contributed by atoms with E-state index < -0.39 is 15.7 Å². The zero-order valence-electron chi connectivity index (χ0n) is 8.80. The van der Waals surface area contributed by atoms with Crippen molar-refractivity contribution in [1.82, 2.24) is 4.98 Å². The third-order valence-electron chi connectivity index (χ3n) is 1.81. The highest BCUT2D eigenvalue weighted by Crippen LogP contribution is 2.06. The molecule has 0 bridgehead atoms. The number of aromatic nitrogens is 1. The second kappa shape index (κ2) is 4.93. The highest BCUT2D eigenvalue weighted by Gasteiger charge is 2.04. The van der Waals surface area contributed by atoms with Gasteiger partial charge in [-0.3, -0.25) is 9.78 Å². The predicted octanol–water partition coefficient (Wildman–Crippen LogP) is -0.363. The average Bonchev–Trinajstić information content (AvgIpc) is 2.16. The van der Waals surface area contributed by atoms with Gasteiger partial charge in [0.25, 0.3) is 5.91 Å². The molecule has 0 spiro atoms. The van der Waals surface area contributed by atoms with Gasteiger partial charge in [0, 0.05) is 24.7 Å². The van der Waals surface area contributed by atoms with E-state index in [9.17, 15) is 13.2 Å². The van der Waals surface area contributed by atoms with Crippen LogP contribution in [0.3, 0.4) is 0 Å². The molecule has 0 aliphatic carbocycles. The lowest BCUT2D eigenvalue weighted by atomic mass is 10.3. The predicted molar refractivity (Wildman–Crippen MR) is 61.0 cm³/mol. The summed E-state index contributed by atoms with van der Waals surface area (Å²) < 4.78 is 21.7. The van der Waals surface area contributed by atoms with Crippen molar-refractivity contribution >= 4 is 21.4 Å². The zero-order valence-corrected chi connectivity index (χ0v) is 9.62. The van der Waals surface area contributed by atoms with Crippen LogP contribution in [-0.2, 0) is 9.84 Å². The lowest BCUT2D eigenvalue weighted by Gasteiger charge is -2.05. The third-order valence-corrected chi connectivity index (χ3v) is 2.76. The molecule has 0 atom stereocenters. The van der Waals surface area contributed by atoms with Crippen molar-refractivity contribution in [3.05, 3.63) is 24.0 Å². The van der Waals surface area contributed by atoms with Gasteiger partial charge in [-0.25, -0.2) is 8.42 Å². The van der Waals surface area contributed by atoms with Gasteiger partial charge >= 0.3 is 0 Å². The van der Waals surface area contributed by atoms with Crippen molar-refractivity contribution in [2.24, 2.45) is 5.73 Å². The number of amides is 1.